The average molecular weight is 316 g/mol. The first kappa shape index (κ1) is 15.5. The van der Waals surface area contributed by atoms with Crippen molar-refractivity contribution in [2.45, 2.75) is 6.92 Å². The summed E-state index contributed by atoms with van der Waals surface area (Å²) < 4.78 is 1.60. The third-order valence-corrected chi connectivity index (χ3v) is 3.74. The van der Waals surface area contributed by atoms with Gasteiger partial charge in [-0.15, -0.1) is 0 Å². The van der Waals surface area contributed by atoms with Crippen molar-refractivity contribution >= 4 is 11.6 Å². The first-order valence-electron chi connectivity index (χ1n) is 7.49. The summed E-state index contributed by atoms with van der Waals surface area (Å²) in [7, 11) is 1.73. The number of amides is 1. The standard InChI is InChI=1S/C19H16N4O/c1-14-5-3-7-16(11-14)22(2)19(24)18-9-10-23(21-18)17-8-4-6-15(12-17)13-20/h3-12H,1-2H3. The molecule has 0 radical (unpaired) electrons. The summed E-state index contributed by atoms with van der Waals surface area (Å²) in [5.74, 6) is -0.184. The van der Waals surface area contributed by atoms with Crippen LogP contribution in [-0.4, -0.2) is 22.7 Å². The molecule has 0 aliphatic carbocycles. The van der Waals surface area contributed by atoms with Crippen molar-refractivity contribution in [1.82, 2.24) is 9.78 Å². The molecule has 0 aliphatic heterocycles. The average Bonchev–Trinajstić information content (AvgIpc) is 3.10. The molecular weight excluding hydrogens is 300 g/mol. The molecule has 24 heavy (non-hydrogen) atoms. The highest BCUT2D eigenvalue weighted by atomic mass is 16.2. The molecule has 0 aliphatic rings. The molecule has 0 saturated carbocycles. The Morgan fingerprint density at radius 3 is 2.71 bits per heavy atom. The molecule has 0 N–H and O–H groups in total. The molecule has 5 nitrogen and oxygen atoms in total. The lowest BCUT2D eigenvalue weighted by atomic mass is 10.2. The Labute approximate surface area is 140 Å². The molecule has 0 fully saturated rings. The summed E-state index contributed by atoms with van der Waals surface area (Å²) >= 11 is 0. The summed E-state index contributed by atoms with van der Waals surface area (Å²) in [6, 6.07) is 18.6. The first-order valence-corrected chi connectivity index (χ1v) is 7.49. The molecule has 1 heterocycles. The molecule has 5 heteroatoms. The highest BCUT2D eigenvalue weighted by Crippen LogP contribution is 2.17. The van der Waals surface area contributed by atoms with E-state index in [1.807, 2.05) is 37.3 Å². The SMILES string of the molecule is Cc1cccc(N(C)C(=O)c2ccn(-c3cccc(C#N)c3)n2)c1. The smallest absolute Gasteiger partial charge is 0.278 e. The normalized spacial score (nSPS) is 10.2. The molecule has 1 amide bonds. The minimum absolute atomic E-state index is 0.184. The van der Waals surface area contributed by atoms with Crippen LogP contribution in [0.5, 0.6) is 0 Å². The minimum Gasteiger partial charge on any atom is -0.310 e. The largest absolute Gasteiger partial charge is 0.310 e. The predicted molar refractivity (Wildman–Crippen MR) is 92.2 cm³/mol. The molecular formula is C19H16N4O. The van der Waals surface area contributed by atoms with E-state index in [2.05, 4.69) is 11.2 Å². The van der Waals surface area contributed by atoms with Gasteiger partial charge < -0.3 is 4.90 Å². The van der Waals surface area contributed by atoms with Gasteiger partial charge >= 0.3 is 0 Å². The molecule has 0 bridgehead atoms. The number of rotatable bonds is 3. The van der Waals surface area contributed by atoms with Crippen LogP contribution in [0.3, 0.4) is 0 Å². The maximum atomic E-state index is 12.6. The monoisotopic (exact) mass is 316 g/mol. The van der Waals surface area contributed by atoms with Gasteiger partial charge in [-0.2, -0.15) is 10.4 Å². The van der Waals surface area contributed by atoms with Crippen molar-refractivity contribution in [2.75, 3.05) is 11.9 Å². The zero-order chi connectivity index (χ0) is 17.1. The van der Waals surface area contributed by atoms with E-state index < -0.39 is 0 Å². The maximum Gasteiger partial charge on any atom is 0.278 e. The number of nitriles is 1. The van der Waals surface area contributed by atoms with E-state index in [1.165, 1.54) is 0 Å². The maximum absolute atomic E-state index is 12.6. The number of nitrogens with zero attached hydrogens (tertiary/aromatic N) is 4. The fourth-order valence-electron chi connectivity index (χ4n) is 2.43. The summed E-state index contributed by atoms with van der Waals surface area (Å²) in [4.78, 5) is 14.2. The summed E-state index contributed by atoms with van der Waals surface area (Å²) in [5, 5.41) is 13.3. The molecule has 0 spiro atoms. The Kier molecular flexibility index (Phi) is 4.13. The quantitative estimate of drug-likeness (QED) is 0.744. The molecule has 1 aromatic heterocycles. The third kappa shape index (κ3) is 3.03. The Hall–Kier alpha value is -3.39. The highest BCUT2D eigenvalue weighted by Gasteiger charge is 2.16. The fraction of sp³-hybridized carbons (Fsp3) is 0.105. The van der Waals surface area contributed by atoms with Gasteiger partial charge in [0.2, 0.25) is 0 Å². The summed E-state index contributed by atoms with van der Waals surface area (Å²) in [6.45, 7) is 1.98. The van der Waals surface area contributed by atoms with Gasteiger partial charge in [-0.05, 0) is 48.9 Å². The second-order valence-electron chi connectivity index (χ2n) is 5.51. The minimum atomic E-state index is -0.184. The van der Waals surface area contributed by atoms with E-state index in [0.717, 1.165) is 16.9 Å². The van der Waals surface area contributed by atoms with Crippen LogP contribution in [0.25, 0.3) is 5.69 Å². The van der Waals surface area contributed by atoms with E-state index in [0.29, 0.717) is 11.3 Å². The zero-order valence-corrected chi connectivity index (χ0v) is 13.5. The fourth-order valence-corrected chi connectivity index (χ4v) is 2.43. The van der Waals surface area contributed by atoms with Crippen molar-refractivity contribution in [3.8, 4) is 11.8 Å². The van der Waals surface area contributed by atoms with Crippen LogP contribution in [0.4, 0.5) is 5.69 Å². The van der Waals surface area contributed by atoms with Crippen LogP contribution in [0.2, 0.25) is 0 Å². The van der Waals surface area contributed by atoms with E-state index in [1.54, 1.807) is 47.1 Å². The van der Waals surface area contributed by atoms with Gasteiger partial charge in [0.15, 0.2) is 5.69 Å². The number of benzene rings is 2. The van der Waals surface area contributed by atoms with Gasteiger partial charge in [0.1, 0.15) is 0 Å². The third-order valence-electron chi connectivity index (χ3n) is 3.74. The molecule has 2 aromatic carbocycles. The molecule has 3 rings (SSSR count). The summed E-state index contributed by atoms with van der Waals surface area (Å²) in [5.41, 5.74) is 3.55. The van der Waals surface area contributed by atoms with Crippen LogP contribution < -0.4 is 4.90 Å². The Balaban J connectivity index is 1.87. The Morgan fingerprint density at radius 1 is 1.17 bits per heavy atom. The summed E-state index contributed by atoms with van der Waals surface area (Å²) in [6.07, 6.45) is 1.72. The van der Waals surface area contributed by atoms with Gasteiger partial charge in [0.05, 0.1) is 17.3 Å². The van der Waals surface area contributed by atoms with Gasteiger partial charge in [-0.25, -0.2) is 4.68 Å². The van der Waals surface area contributed by atoms with Crippen LogP contribution in [-0.2, 0) is 0 Å². The molecule has 118 valence electrons. The van der Waals surface area contributed by atoms with Crippen LogP contribution in [0.1, 0.15) is 21.6 Å². The first-order chi connectivity index (χ1) is 11.6. The second-order valence-corrected chi connectivity index (χ2v) is 5.51. The lowest BCUT2D eigenvalue weighted by Gasteiger charge is -2.16. The predicted octanol–water partition coefficient (Wildman–Crippen LogP) is 3.33. The van der Waals surface area contributed by atoms with Crippen LogP contribution in [0.15, 0.2) is 60.8 Å². The molecule has 0 atom stereocenters. The Morgan fingerprint density at radius 2 is 1.96 bits per heavy atom. The number of aromatic nitrogens is 2. The molecule has 3 aromatic rings. The van der Waals surface area contributed by atoms with Gasteiger partial charge in [-0.3, -0.25) is 4.79 Å². The van der Waals surface area contributed by atoms with E-state index in [4.69, 9.17) is 5.26 Å². The highest BCUT2D eigenvalue weighted by molar-refractivity contribution is 6.04. The van der Waals surface area contributed by atoms with Crippen LogP contribution in [0, 0.1) is 18.3 Å². The number of hydrogen-bond donors (Lipinski definition) is 0. The van der Waals surface area contributed by atoms with Crippen molar-refractivity contribution in [3.05, 3.63) is 77.6 Å². The number of hydrogen-bond acceptors (Lipinski definition) is 3. The molecule has 0 unspecified atom stereocenters. The van der Waals surface area contributed by atoms with Crippen LogP contribution >= 0.6 is 0 Å². The number of anilines is 1. The number of aryl methyl sites for hydroxylation is 1. The number of carbonyl (C=O) groups is 1. The van der Waals surface area contributed by atoms with Crippen molar-refractivity contribution < 1.29 is 4.79 Å². The number of carbonyl (C=O) groups excluding carboxylic acids is 1. The van der Waals surface area contributed by atoms with E-state index in [-0.39, 0.29) is 5.91 Å². The van der Waals surface area contributed by atoms with Gasteiger partial charge in [-0.1, -0.05) is 18.2 Å². The zero-order valence-electron chi connectivity index (χ0n) is 13.5. The Bertz CT molecular complexity index is 936. The lowest BCUT2D eigenvalue weighted by molar-refractivity contribution is 0.0988. The lowest BCUT2D eigenvalue weighted by Crippen LogP contribution is -2.26. The van der Waals surface area contributed by atoms with Gasteiger partial charge in [0, 0.05) is 18.9 Å². The van der Waals surface area contributed by atoms with E-state index in [9.17, 15) is 4.79 Å². The second kappa shape index (κ2) is 6.39. The van der Waals surface area contributed by atoms with Crippen molar-refractivity contribution in [2.24, 2.45) is 0 Å². The van der Waals surface area contributed by atoms with Crippen molar-refractivity contribution in [1.29, 1.82) is 5.26 Å². The molecule has 0 saturated heterocycles. The van der Waals surface area contributed by atoms with E-state index >= 15 is 0 Å². The topological polar surface area (TPSA) is 61.9 Å². The van der Waals surface area contributed by atoms with Crippen molar-refractivity contribution in [3.63, 3.8) is 0 Å². The van der Waals surface area contributed by atoms with Gasteiger partial charge in [0.25, 0.3) is 5.91 Å².